The highest BCUT2D eigenvalue weighted by Crippen LogP contribution is 2.21. The lowest BCUT2D eigenvalue weighted by Crippen LogP contribution is -2.59. The molecule has 0 unspecified atom stereocenters. The number of aliphatic hydroxyl groups is 4. The third-order valence-electron chi connectivity index (χ3n) is 2.39. The summed E-state index contributed by atoms with van der Waals surface area (Å²) in [5.74, 6) is 0. The smallest absolute Gasteiger partial charge is 0.186 e. The fourth-order valence-electron chi connectivity index (χ4n) is 1.46. The second-order valence-corrected chi connectivity index (χ2v) is 3.52. The molecule has 4 N–H and O–H groups in total. The third kappa shape index (κ3) is 3.51. The van der Waals surface area contributed by atoms with E-state index in [-0.39, 0.29) is 13.2 Å². The van der Waals surface area contributed by atoms with E-state index in [4.69, 9.17) is 20.1 Å². The number of azide groups is 1. The molecule has 0 amide bonds. The van der Waals surface area contributed by atoms with E-state index in [0.717, 1.165) is 0 Å². The van der Waals surface area contributed by atoms with E-state index in [1.165, 1.54) is 0 Å². The zero-order valence-electron chi connectivity index (χ0n) is 8.96. The van der Waals surface area contributed by atoms with Crippen LogP contribution in [-0.2, 0) is 9.47 Å². The minimum Gasteiger partial charge on any atom is -0.394 e. The molecule has 9 nitrogen and oxygen atoms in total. The lowest BCUT2D eigenvalue weighted by molar-refractivity contribution is -0.300. The first kappa shape index (κ1) is 14.1. The highest BCUT2D eigenvalue weighted by atomic mass is 16.7. The molecule has 98 valence electrons. The molecular weight excluding hydrogens is 234 g/mol. The first-order valence-electron chi connectivity index (χ1n) is 5.04. The standard InChI is InChI=1S/C8H15N3O6/c9-11-10-1-2-16-8-7(15)6(14)5(13)4(3-12)17-8/h4-8,12-15H,1-3H2/t4-,5-,6+,7-,8-/m0/s1. The van der Waals surface area contributed by atoms with Crippen LogP contribution in [0.25, 0.3) is 10.4 Å². The fraction of sp³-hybridized carbons (Fsp3) is 1.00. The van der Waals surface area contributed by atoms with Crippen molar-refractivity contribution in [1.82, 2.24) is 0 Å². The van der Waals surface area contributed by atoms with Crippen LogP contribution in [0.1, 0.15) is 0 Å². The Labute approximate surface area is 96.8 Å². The molecule has 5 atom stereocenters. The van der Waals surface area contributed by atoms with Crippen LogP contribution in [0.2, 0.25) is 0 Å². The molecular formula is C8H15N3O6. The van der Waals surface area contributed by atoms with Crippen LogP contribution in [0.4, 0.5) is 0 Å². The van der Waals surface area contributed by atoms with E-state index in [9.17, 15) is 15.3 Å². The van der Waals surface area contributed by atoms with Crippen molar-refractivity contribution < 1.29 is 29.9 Å². The number of hydrogen-bond donors (Lipinski definition) is 4. The molecule has 9 heteroatoms. The molecule has 0 aromatic carbocycles. The van der Waals surface area contributed by atoms with Crippen molar-refractivity contribution in [3.05, 3.63) is 10.4 Å². The van der Waals surface area contributed by atoms with Crippen molar-refractivity contribution >= 4 is 0 Å². The summed E-state index contributed by atoms with van der Waals surface area (Å²) in [4.78, 5) is 2.51. The van der Waals surface area contributed by atoms with Crippen LogP contribution in [0.15, 0.2) is 5.11 Å². The Kier molecular flexibility index (Phi) is 5.59. The molecule has 1 heterocycles. The summed E-state index contributed by atoms with van der Waals surface area (Å²) in [5, 5.41) is 40.5. The van der Waals surface area contributed by atoms with Crippen molar-refractivity contribution in [3.8, 4) is 0 Å². The zero-order chi connectivity index (χ0) is 12.8. The Hall–Kier alpha value is -0.930. The Balaban J connectivity index is 2.50. The highest BCUT2D eigenvalue weighted by Gasteiger charge is 2.43. The van der Waals surface area contributed by atoms with Crippen molar-refractivity contribution in [2.75, 3.05) is 19.8 Å². The number of ether oxygens (including phenoxy) is 2. The van der Waals surface area contributed by atoms with Gasteiger partial charge in [0.25, 0.3) is 0 Å². The van der Waals surface area contributed by atoms with E-state index < -0.39 is 37.3 Å². The molecule has 1 saturated heterocycles. The van der Waals surface area contributed by atoms with Gasteiger partial charge in [0.1, 0.15) is 24.4 Å². The van der Waals surface area contributed by atoms with Gasteiger partial charge in [-0.3, -0.25) is 0 Å². The van der Waals surface area contributed by atoms with Gasteiger partial charge in [0.15, 0.2) is 6.29 Å². The van der Waals surface area contributed by atoms with Crippen molar-refractivity contribution in [2.24, 2.45) is 5.11 Å². The summed E-state index contributed by atoms with van der Waals surface area (Å²) in [6.45, 7) is -0.473. The van der Waals surface area contributed by atoms with Crippen LogP contribution >= 0.6 is 0 Å². The van der Waals surface area contributed by atoms with Gasteiger partial charge in [-0.25, -0.2) is 0 Å². The predicted octanol–water partition coefficient (Wildman–Crippen LogP) is -1.89. The molecule has 0 radical (unpaired) electrons. The fourth-order valence-corrected chi connectivity index (χ4v) is 1.46. The molecule has 0 aliphatic carbocycles. The summed E-state index contributed by atoms with van der Waals surface area (Å²) in [6, 6.07) is 0. The number of aliphatic hydroxyl groups excluding tert-OH is 4. The number of nitrogens with zero attached hydrogens (tertiary/aromatic N) is 3. The van der Waals surface area contributed by atoms with Gasteiger partial charge in [-0.15, -0.1) is 0 Å². The average molecular weight is 249 g/mol. The second kappa shape index (κ2) is 6.72. The van der Waals surface area contributed by atoms with E-state index in [1.807, 2.05) is 0 Å². The third-order valence-corrected chi connectivity index (χ3v) is 2.39. The summed E-state index contributed by atoms with van der Waals surface area (Å²) in [7, 11) is 0. The molecule has 0 aromatic heterocycles. The van der Waals surface area contributed by atoms with Gasteiger partial charge in [0, 0.05) is 11.5 Å². The molecule has 0 spiro atoms. The molecule has 0 saturated carbocycles. The normalized spacial score (nSPS) is 37.5. The van der Waals surface area contributed by atoms with Crippen LogP contribution in [0.3, 0.4) is 0 Å². The molecule has 1 fully saturated rings. The summed E-state index contributed by atoms with van der Waals surface area (Å²) >= 11 is 0. The Morgan fingerprint density at radius 2 is 1.94 bits per heavy atom. The number of rotatable bonds is 5. The summed E-state index contributed by atoms with van der Waals surface area (Å²) < 4.78 is 10.1. The molecule has 0 bridgehead atoms. The summed E-state index contributed by atoms with van der Waals surface area (Å²) in [5.41, 5.74) is 8.03. The van der Waals surface area contributed by atoms with E-state index in [1.54, 1.807) is 0 Å². The minimum absolute atomic E-state index is 0.00719. The lowest BCUT2D eigenvalue weighted by atomic mass is 9.99. The topological polar surface area (TPSA) is 148 Å². The largest absolute Gasteiger partial charge is 0.394 e. The van der Waals surface area contributed by atoms with Crippen LogP contribution in [0.5, 0.6) is 0 Å². The van der Waals surface area contributed by atoms with Crippen LogP contribution in [0, 0.1) is 0 Å². The Morgan fingerprint density at radius 1 is 1.24 bits per heavy atom. The molecule has 1 rings (SSSR count). The highest BCUT2D eigenvalue weighted by molar-refractivity contribution is 4.88. The van der Waals surface area contributed by atoms with Gasteiger partial charge >= 0.3 is 0 Å². The average Bonchev–Trinajstić information content (AvgIpc) is 2.34. The maximum Gasteiger partial charge on any atom is 0.186 e. The molecule has 1 aliphatic rings. The van der Waals surface area contributed by atoms with Gasteiger partial charge < -0.3 is 29.9 Å². The van der Waals surface area contributed by atoms with Gasteiger partial charge in [-0.1, -0.05) is 5.11 Å². The van der Waals surface area contributed by atoms with E-state index >= 15 is 0 Å². The Bertz CT molecular complexity index is 282. The molecule has 0 aromatic rings. The first-order valence-corrected chi connectivity index (χ1v) is 5.04. The van der Waals surface area contributed by atoms with Gasteiger partial charge in [0.05, 0.1) is 13.2 Å². The van der Waals surface area contributed by atoms with Crippen molar-refractivity contribution in [1.29, 1.82) is 0 Å². The maximum atomic E-state index is 9.53. The van der Waals surface area contributed by atoms with Gasteiger partial charge in [-0.05, 0) is 5.53 Å². The molecule has 17 heavy (non-hydrogen) atoms. The minimum atomic E-state index is -1.47. The summed E-state index contributed by atoms with van der Waals surface area (Å²) in [6.07, 6.45) is -6.49. The van der Waals surface area contributed by atoms with E-state index in [2.05, 4.69) is 10.0 Å². The zero-order valence-corrected chi connectivity index (χ0v) is 8.96. The monoisotopic (exact) mass is 249 g/mol. The van der Waals surface area contributed by atoms with Crippen molar-refractivity contribution in [2.45, 2.75) is 30.7 Å². The quantitative estimate of drug-likeness (QED) is 0.194. The maximum absolute atomic E-state index is 9.53. The lowest BCUT2D eigenvalue weighted by Gasteiger charge is -2.39. The SMILES string of the molecule is [N-]=[N+]=NCCO[C@H]1O[C@@H](CO)[C@H](O)[C@@H](O)[C@@H]1O. The second-order valence-electron chi connectivity index (χ2n) is 3.52. The first-order chi connectivity index (χ1) is 8.11. The van der Waals surface area contributed by atoms with Crippen LogP contribution < -0.4 is 0 Å². The van der Waals surface area contributed by atoms with E-state index in [0.29, 0.717) is 0 Å². The number of hydrogen-bond acceptors (Lipinski definition) is 7. The van der Waals surface area contributed by atoms with Crippen molar-refractivity contribution in [3.63, 3.8) is 0 Å². The van der Waals surface area contributed by atoms with Crippen LogP contribution in [-0.4, -0.2) is 70.9 Å². The van der Waals surface area contributed by atoms with Gasteiger partial charge in [-0.2, -0.15) is 0 Å². The molecule has 1 aliphatic heterocycles. The Morgan fingerprint density at radius 3 is 2.53 bits per heavy atom. The van der Waals surface area contributed by atoms with Gasteiger partial charge in [0.2, 0.25) is 0 Å². The predicted molar refractivity (Wildman–Crippen MR) is 53.7 cm³/mol.